The number of carbonyl (C=O) groups is 1. The number of benzene rings is 3. The number of hydrogen-bond acceptors (Lipinski definition) is 2. The number of para-hydroxylation sites is 1. The van der Waals surface area contributed by atoms with E-state index in [1.807, 2.05) is 91.0 Å². The number of fused-ring (bicyclic) bond motifs is 1. The third kappa shape index (κ3) is 3.15. The summed E-state index contributed by atoms with van der Waals surface area (Å²) in [5.41, 5.74) is 3.43. The van der Waals surface area contributed by atoms with Gasteiger partial charge in [0.05, 0.1) is 0 Å². The van der Waals surface area contributed by atoms with E-state index in [1.165, 1.54) is 0 Å². The third-order valence-electron chi connectivity index (χ3n) is 4.11. The first-order valence-corrected chi connectivity index (χ1v) is 8.17. The molecule has 0 aliphatic carbocycles. The molecule has 0 bridgehead atoms. The molecule has 0 radical (unpaired) electrons. The van der Waals surface area contributed by atoms with Crippen LogP contribution in [0.3, 0.4) is 0 Å². The highest BCUT2D eigenvalue weighted by atomic mass is 16.5. The number of allylic oxidation sites excluding steroid dienone is 3. The molecule has 120 valence electrons. The van der Waals surface area contributed by atoms with Crippen LogP contribution in [0.15, 0.2) is 97.1 Å². The van der Waals surface area contributed by atoms with Gasteiger partial charge in [0.1, 0.15) is 11.5 Å². The van der Waals surface area contributed by atoms with E-state index in [2.05, 4.69) is 0 Å². The average molecular weight is 324 g/mol. The maximum Gasteiger partial charge on any atom is 0.186 e. The largest absolute Gasteiger partial charge is 0.456 e. The van der Waals surface area contributed by atoms with Crippen LogP contribution in [0, 0.1) is 0 Å². The number of ketones is 1. The van der Waals surface area contributed by atoms with Crippen LogP contribution in [0.1, 0.15) is 21.5 Å². The molecule has 1 heterocycles. The van der Waals surface area contributed by atoms with Gasteiger partial charge >= 0.3 is 0 Å². The lowest BCUT2D eigenvalue weighted by atomic mass is 9.97. The second-order valence-corrected chi connectivity index (χ2v) is 5.80. The molecular weight excluding hydrogens is 308 g/mol. The van der Waals surface area contributed by atoms with Gasteiger partial charge in [-0.15, -0.1) is 0 Å². The summed E-state index contributed by atoms with van der Waals surface area (Å²) in [5, 5.41) is 0. The van der Waals surface area contributed by atoms with Gasteiger partial charge in [0, 0.05) is 16.7 Å². The van der Waals surface area contributed by atoms with Gasteiger partial charge in [-0.3, -0.25) is 4.79 Å². The van der Waals surface area contributed by atoms with E-state index in [-0.39, 0.29) is 5.78 Å². The summed E-state index contributed by atoms with van der Waals surface area (Å²) in [6, 6.07) is 27.0. The number of carbonyl (C=O) groups excluding carboxylic acids is 1. The molecule has 0 saturated heterocycles. The van der Waals surface area contributed by atoms with Crippen LogP contribution in [0.2, 0.25) is 0 Å². The lowest BCUT2D eigenvalue weighted by Crippen LogP contribution is -2.05. The Labute approximate surface area is 146 Å². The molecule has 0 fully saturated rings. The second-order valence-electron chi connectivity index (χ2n) is 5.80. The van der Waals surface area contributed by atoms with Crippen molar-refractivity contribution in [3.8, 4) is 5.75 Å². The van der Waals surface area contributed by atoms with Crippen molar-refractivity contribution in [2.24, 2.45) is 0 Å². The van der Waals surface area contributed by atoms with Gasteiger partial charge < -0.3 is 4.74 Å². The topological polar surface area (TPSA) is 26.3 Å². The van der Waals surface area contributed by atoms with Crippen LogP contribution in [-0.2, 0) is 0 Å². The zero-order valence-corrected chi connectivity index (χ0v) is 13.6. The van der Waals surface area contributed by atoms with Crippen LogP contribution >= 0.6 is 0 Å². The molecule has 0 spiro atoms. The van der Waals surface area contributed by atoms with Gasteiger partial charge in [0.25, 0.3) is 0 Å². The predicted octanol–water partition coefficient (Wildman–Crippen LogP) is 5.39. The minimum atomic E-state index is -0.0176. The molecule has 0 N–H and O–H groups in total. The maximum absolute atomic E-state index is 12.6. The van der Waals surface area contributed by atoms with Gasteiger partial charge in [-0.25, -0.2) is 0 Å². The van der Waals surface area contributed by atoms with Gasteiger partial charge in [-0.05, 0) is 23.8 Å². The van der Waals surface area contributed by atoms with Crippen molar-refractivity contribution in [1.29, 1.82) is 0 Å². The molecule has 0 amide bonds. The molecule has 3 aromatic carbocycles. The monoisotopic (exact) mass is 324 g/mol. The maximum atomic E-state index is 12.6. The smallest absolute Gasteiger partial charge is 0.186 e. The van der Waals surface area contributed by atoms with E-state index in [0.29, 0.717) is 5.56 Å². The van der Waals surface area contributed by atoms with Crippen LogP contribution in [0.25, 0.3) is 11.3 Å². The Kier molecular flexibility index (Phi) is 4.01. The van der Waals surface area contributed by atoms with Gasteiger partial charge in [-0.1, -0.05) is 78.9 Å². The van der Waals surface area contributed by atoms with E-state index in [4.69, 9.17) is 4.74 Å². The molecule has 25 heavy (non-hydrogen) atoms. The van der Waals surface area contributed by atoms with Crippen molar-refractivity contribution in [3.63, 3.8) is 0 Å². The average Bonchev–Trinajstić information content (AvgIpc) is 2.69. The molecule has 0 unspecified atom stereocenters. The van der Waals surface area contributed by atoms with Crippen molar-refractivity contribution in [3.05, 3.63) is 114 Å². The van der Waals surface area contributed by atoms with E-state index in [9.17, 15) is 4.79 Å². The first kappa shape index (κ1) is 15.2. The van der Waals surface area contributed by atoms with Crippen LogP contribution < -0.4 is 4.74 Å². The van der Waals surface area contributed by atoms with E-state index >= 15 is 0 Å². The quantitative estimate of drug-likeness (QED) is 0.477. The first-order valence-electron chi connectivity index (χ1n) is 8.17. The Morgan fingerprint density at radius 3 is 2.16 bits per heavy atom. The highest BCUT2D eigenvalue weighted by Gasteiger charge is 2.18. The molecule has 2 heteroatoms. The van der Waals surface area contributed by atoms with Gasteiger partial charge in [0.15, 0.2) is 5.78 Å². The second kappa shape index (κ2) is 6.62. The fourth-order valence-corrected chi connectivity index (χ4v) is 2.85. The SMILES string of the molecule is O=C(/C=C1\C=C(c2ccccc2)Oc2ccccc21)c1ccccc1. The molecule has 0 aromatic heterocycles. The molecule has 0 saturated carbocycles. The Hall–Kier alpha value is -3.39. The summed E-state index contributed by atoms with van der Waals surface area (Å²) in [7, 11) is 0. The van der Waals surface area contributed by atoms with Crippen LogP contribution in [0.4, 0.5) is 0 Å². The van der Waals surface area contributed by atoms with Crippen molar-refractivity contribution >= 4 is 17.1 Å². The van der Waals surface area contributed by atoms with Crippen molar-refractivity contribution in [2.75, 3.05) is 0 Å². The zero-order valence-electron chi connectivity index (χ0n) is 13.6. The Balaban J connectivity index is 1.80. The lowest BCUT2D eigenvalue weighted by Gasteiger charge is -2.20. The summed E-state index contributed by atoms with van der Waals surface area (Å²) in [6.07, 6.45) is 3.61. The fraction of sp³-hybridized carbons (Fsp3) is 0. The molecule has 3 aromatic rings. The van der Waals surface area contributed by atoms with Gasteiger partial charge in [0.2, 0.25) is 0 Å². The summed E-state index contributed by atoms with van der Waals surface area (Å²) in [6.45, 7) is 0. The summed E-state index contributed by atoms with van der Waals surface area (Å²) in [5.74, 6) is 1.48. The van der Waals surface area contributed by atoms with Crippen LogP contribution in [0.5, 0.6) is 5.75 Å². The van der Waals surface area contributed by atoms with Gasteiger partial charge in [-0.2, -0.15) is 0 Å². The predicted molar refractivity (Wildman–Crippen MR) is 100 cm³/mol. The van der Waals surface area contributed by atoms with Crippen LogP contribution in [-0.4, -0.2) is 5.78 Å². The summed E-state index contributed by atoms with van der Waals surface area (Å²) in [4.78, 5) is 12.6. The third-order valence-corrected chi connectivity index (χ3v) is 4.11. The zero-order chi connectivity index (χ0) is 17.1. The standard InChI is InChI=1S/C23H16O2/c24-21(17-9-3-1-4-10-17)15-19-16-23(18-11-5-2-6-12-18)25-22-14-8-7-13-20(19)22/h1-16H/b19-15+. The van der Waals surface area contributed by atoms with E-state index < -0.39 is 0 Å². The Morgan fingerprint density at radius 2 is 1.40 bits per heavy atom. The number of hydrogen-bond donors (Lipinski definition) is 0. The minimum Gasteiger partial charge on any atom is -0.456 e. The highest BCUT2D eigenvalue weighted by molar-refractivity contribution is 6.10. The Morgan fingerprint density at radius 1 is 0.760 bits per heavy atom. The molecule has 1 aliphatic rings. The van der Waals surface area contributed by atoms with E-state index in [1.54, 1.807) is 6.08 Å². The number of ether oxygens (including phenoxy) is 1. The van der Waals surface area contributed by atoms with E-state index in [0.717, 1.165) is 28.2 Å². The molecule has 1 aliphatic heterocycles. The lowest BCUT2D eigenvalue weighted by molar-refractivity contribution is 0.104. The first-order chi connectivity index (χ1) is 12.3. The Bertz CT molecular complexity index is 967. The summed E-state index contributed by atoms with van der Waals surface area (Å²) < 4.78 is 6.04. The highest BCUT2D eigenvalue weighted by Crippen LogP contribution is 2.36. The molecular formula is C23H16O2. The molecule has 0 atom stereocenters. The summed E-state index contributed by atoms with van der Waals surface area (Å²) >= 11 is 0. The molecule has 4 rings (SSSR count). The van der Waals surface area contributed by atoms with Crippen molar-refractivity contribution < 1.29 is 9.53 Å². The van der Waals surface area contributed by atoms with Crippen molar-refractivity contribution in [2.45, 2.75) is 0 Å². The number of rotatable bonds is 3. The fourth-order valence-electron chi connectivity index (χ4n) is 2.85. The minimum absolute atomic E-state index is 0.0176. The van der Waals surface area contributed by atoms with Crippen molar-refractivity contribution in [1.82, 2.24) is 0 Å². The normalized spacial score (nSPS) is 14.4. The molecule has 2 nitrogen and oxygen atoms in total.